The monoisotopic (exact) mass is 239 g/mol. The quantitative estimate of drug-likeness (QED) is 0.657. The molecule has 0 aliphatic heterocycles. The van der Waals surface area contributed by atoms with Crippen LogP contribution in [0.5, 0.6) is 5.75 Å². The smallest absolute Gasteiger partial charge is 0.135 e. The molecule has 18 heavy (non-hydrogen) atoms. The molecule has 0 atom stereocenters. The highest BCUT2D eigenvalue weighted by Crippen LogP contribution is 2.26. The third-order valence-corrected chi connectivity index (χ3v) is 2.82. The largest absolute Gasteiger partial charge is 0.495 e. The molecule has 2 aromatic rings. The Bertz CT molecular complexity index is 593. The van der Waals surface area contributed by atoms with Gasteiger partial charge in [-0.1, -0.05) is 42.2 Å². The average molecular weight is 239 g/mol. The van der Waals surface area contributed by atoms with Crippen molar-refractivity contribution in [3.05, 3.63) is 42.0 Å². The Morgan fingerprint density at radius 3 is 2.78 bits per heavy atom. The van der Waals surface area contributed by atoms with Gasteiger partial charge in [0.25, 0.3) is 0 Å². The number of hydrogen-bond acceptors (Lipinski definition) is 2. The lowest BCUT2D eigenvalue weighted by Gasteiger charge is -2.06. The van der Waals surface area contributed by atoms with E-state index in [9.17, 15) is 0 Å². The van der Waals surface area contributed by atoms with E-state index in [1.165, 1.54) is 5.39 Å². The Hall–Kier alpha value is -1.98. The number of ether oxygens (including phenoxy) is 1. The second kappa shape index (κ2) is 6.09. The first-order valence-corrected chi connectivity index (χ1v) is 6.06. The van der Waals surface area contributed by atoms with E-state index in [4.69, 9.17) is 4.74 Å². The zero-order valence-electron chi connectivity index (χ0n) is 10.8. The standard InChI is InChI=1S/C16H17NO/c1-17-12-6-5-9-15-14-8-4-3-7-13(14)10-11-16(15)18-2/h3-4,7-8,10-11,17H,6,12H2,1-2H3. The van der Waals surface area contributed by atoms with Gasteiger partial charge in [0, 0.05) is 18.4 Å². The van der Waals surface area contributed by atoms with Crippen molar-refractivity contribution in [2.24, 2.45) is 0 Å². The van der Waals surface area contributed by atoms with Crippen molar-refractivity contribution >= 4 is 10.8 Å². The van der Waals surface area contributed by atoms with Gasteiger partial charge in [0.05, 0.1) is 12.7 Å². The molecule has 2 aromatic carbocycles. The molecule has 0 saturated carbocycles. The Balaban J connectivity index is 2.46. The van der Waals surface area contributed by atoms with Crippen molar-refractivity contribution in [1.82, 2.24) is 5.32 Å². The van der Waals surface area contributed by atoms with Crippen molar-refractivity contribution in [2.75, 3.05) is 20.7 Å². The molecule has 0 fully saturated rings. The molecule has 0 bridgehead atoms. The molecule has 2 heteroatoms. The van der Waals surface area contributed by atoms with Crippen LogP contribution in [0.1, 0.15) is 12.0 Å². The van der Waals surface area contributed by atoms with Crippen LogP contribution in [0.2, 0.25) is 0 Å². The van der Waals surface area contributed by atoms with Crippen molar-refractivity contribution in [3.8, 4) is 17.6 Å². The molecule has 0 aromatic heterocycles. The van der Waals surface area contributed by atoms with E-state index in [0.717, 1.165) is 29.7 Å². The van der Waals surface area contributed by atoms with Gasteiger partial charge in [0.2, 0.25) is 0 Å². The van der Waals surface area contributed by atoms with Gasteiger partial charge < -0.3 is 10.1 Å². The van der Waals surface area contributed by atoms with E-state index in [1.54, 1.807) is 7.11 Å². The number of methoxy groups -OCH3 is 1. The fourth-order valence-corrected chi connectivity index (χ4v) is 1.89. The third-order valence-electron chi connectivity index (χ3n) is 2.82. The summed E-state index contributed by atoms with van der Waals surface area (Å²) in [5, 5.41) is 5.42. The number of nitrogens with one attached hydrogen (secondary N) is 1. The summed E-state index contributed by atoms with van der Waals surface area (Å²) in [5.74, 6) is 7.24. The Kier molecular flexibility index (Phi) is 4.22. The van der Waals surface area contributed by atoms with Gasteiger partial charge in [0.15, 0.2) is 0 Å². The van der Waals surface area contributed by atoms with E-state index in [1.807, 2.05) is 25.2 Å². The highest BCUT2D eigenvalue weighted by molar-refractivity contribution is 5.90. The number of rotatable bonds is 3. The summed E-state index contributed by atoms with van der Waals surface area (Å²) in [4.78, 5) is 0. The molecule has 0 saturated heterocycles. The molecule has 1 N–H and O–H groups in total. The molecule has 92 valence electrons. The predicted octanol–water partition coefficient (Wildman–Crippen LogP) is 2.81. The van der Waals surface area contributed by atoms with Gasteiger partial charge >= 0.3 is 0 Å². The maximum Gasteiger partial charge on any atom is 0.135 e. The Morgan fingerprint density at radius 2 is 2.00 bits per heavy atom. The number of benzene rings is 2. The molecular weight excluding hydrogens is 222 g/mol. The minimum atomic E-state index is 0.836. The summed E-state index contributed by atoms with van der Waals surface area (Å²) in [5.41, 5.74) is 0.978. The van der Waals surface area contributed by atoms with E-state index >= 15 is 0 Å². The molecule has 2 nitrogen and oxygen atoms in total. The molecule has 0 unspecified atom stereocenters. The zero-order valence-corrected chi connectivity index (χ0v) is 10.8. The lowest BCUT2D eigenvalue weighted by molar-refractivity contribution is 0.414. The van der Waals surface area contributed by atoms with E-state index in [2.05, 4.69) is 35.4 Å². The predicted molar refractivity (Wildman–Crippen MR) is 75.9 cm³/mol. The first-order valence-electron chi connectivity index (χ1n) is 6.06. The highest BCUT2D eigenvalue weighted by atomic mass is 16.5. The van der Waals surface area contributed by atoms with Crippen molar-refractivity contribution < 1.29 is 4.74 Å². The Morgan fingerprint density at radius 1 is 1.17 bits per heavy atom. The van der Waals surface area contributed by atoms with Crippen LogP contribution in [0.15, 0.2) is 36.4 Å². The van der Waals surface area contributed by atoms with Crippen LogP contribution in [0.4, 0.5) is 0 Å². The van der Waals surface area contributed by atoms with Crippen LogP contribution < -0.4 is 10.1 Å². The average Bonchev–Trinajstić information content (AvgIpc) is 2.43. The fraction of sp³-hybridized carbons (Fsp3) is 0.250. The third kappa shape index (κ3) is 2.64. The summed E-state index contributed by atoms with van der Waals surface area (Å²) in [6, 6.07) is 12.3. The maximum absolute atomic E-state index is 5.39. The molecular formula is C16H17NO. The van der Waals surface area contributed by atoms with Crippen LogP contribution in [0.25, 0.3) is 10.8 Å². The van der Waals surface area contributed by atoms with Gasteiger partial charge in [-0.05, 0) is 18.5 Å². The zero-order chi connectivity index (χ0) is 12.8. The summed E-state index contributed by atoms with van der Waals surface area (Å²) in [7, 11) is 3.61. The van der Waals surface area contributed by atoms with Crippen LogP contribution in [-0.4, -0.2) is 20.7 Å². The topological polar surface area (TPSA) is 21.3 Å². The number of hydrogen-bond donors (Lipinski definition) is 1. The second-order valence-corrected chi connectivity index (χ2v) is 4.02. The first-order chi connectivity index (χ1) is 8.86. The van der Waals surface area contributed by atoms with Crippen LogP contribution in [0.3, 0.4) is 0 Å². The van der Waals surface area contributed by atoms with Crippen LogP contribution in [0, 0.1) is 11.8 Å². The van der Waals surface area contributed by atoms with Crippen molar-refractivity contribution in [2.45, 2.75) is 6.42 Å². The fourth-order valence-electron chi connectivity index (χ4n) is 1.89. The van der Waals surface area contributed by atoms with E-state index in [0.29, 0.717) is 0 Å². The van der Waals surface area contributed by atoms with Gasteiger partial charge in [-0.25, -0.2) is 0 Å². The molecule has 2 rings (SSSR count). The molecule has 0 spiro atoms. The SMILES string of the molecule is CNCCC#Cc1c(OC)ccc2ccccc12. The van der Waals surface area contributed by atoms with Crippen LogP contribution >= 0.6 is 0 Å². The lowest BCUT2D eigenvalue weighted by atomic mass is 10.0. The van der Waals surface area contributed by atoms with Crippen LogP contribution in [-0.2, 0) is 0 Å². The molecule has 0 amide bonds. The molecule has 0 radical (unpaired) electrons. The molecule has 0 heterocycles. The molecule has 0 aliphatic rings. The minimum absolute atomic E-state index is 0.836. The summed E-state index contributed by atoms with van der Waals surface area (Å²) in [6.07, 6.45) is 0.836. The van der Waals surface area contributed by atoms with E-state index in [-0.39, 0.29) is 0 Å². The van der Waals surface area contributed by atoms with Crippen molar-refractivity contribution in [1.29, 1.82) is 0 Å². The molecule has 0 aliphatic carbocycles. The first kappa shape index (κ1) is 12.5. The normalized spacial score (nSPS) is 9.89. The second-order valence-electron chi connectivity index (χ2n) is 4.02. The van der Waals surface area contributed by atoms with Gasteiger partial charge in [-0.15, -0.1) is 0 Å². The minimum Gasteiger partial charge on any atom is -0.495 e. The highest BCUT2D eigenvalue weighted by Gasteiger charge is 2.04. The van der Waals surface area contributed by atoms with Gasteiger partial charge in [-0.2, -0.15) is 0 Å². The Labute approximate surface area is 108 Å². The van der Waals surface area contributed by atoms with Crippen molar-refractivity contribution in [3.63, 3.8) is 0 Å². The number of fused-ring (bicyclic) bond motifs is 1. The van der Waals surface area contributed by atoms with E-state index < -0.39 is 0 Å². The summed E-state index contributed by atoms with van der Waals surface area (Å²) < 4.78 is 5.39. The summed E-state index contributed by atoms with van der Waals surface area (Å²) in [6.45, 7) is 0.903. The summed E-state index contributed by atoms with van der Waals surface area (Å²) >= 11 is 0. The maximum atomic E-state index is 5.39. The van der Waals surface area contributed by atoms with Gasteiger partial charge in [-0.3, -0.25) is 0 Å². The lowest BCUT2D eigenvalue weighted by Crippen LogP contribution is -2.05. The van der Waals surface area contributed by atoms with Gasteiger partial charge in [0.1, 0.15) is 5.75 Å².